The van der Waals surface area contributed by atoms with E-state index in [1.54, 1.807) is 24.4 Å². The molecule has 40 heavy (non-hydrogen) atoms. The number of fused-ring (bicyclic) bond motifs is 1. The zero-order chi connectivity index (χ0) is 28.1. The summed E-state index contributed by atoms with van der Waals surface area (Å²) in [6.45, 7) is -0.537. The van der Waals surface area contributed by atoms with Gasteiger partial charge in [-0.2, -0.15) is 5.26 Å². The fourth-order valence-corrected chi connectivity index (χ4v) is 4.87. The Morgan fingerprint density at radius 3 is 2.52 bits per heavy atom. The Morgan fingerprint density at radius 1 is 1.10 bits per heavy atom. The smallest absolute Gasteiger partial charge is 0.123 e. The lowest BCUT2D eigenvalue weighted by Gasteiger charge is -2.24. The fourth-order valence-electron chi connectivity index (χ4n) is 4.60. The number of nitrogens with zero attached hydrogens (tertiary/aromatic N) is 2. The number of pyridine rings is 1. The van der Waals surface area contributed by atoms with Crippen LogP contribution < -0.4 is 21.7 Å². The quantitative estimate of drug-likeness (QED) is 0.156. The Labute approximate surface area is 236 Å². The highest BCUT2D eigenvalue weighted by atomic mass is 35.5. The third-order valence-corrected chi connectivity index (χ3v) is 7.16. The number of rotatable bonds is 11. The summed E-state index contributed by atoms with van der Waals surface area (Å²) in [5.41, 5.74) is 10.6. The number of hydrogen-bond donors (Lipinski definition) is 4. The molecule has 0 radical (unpaired) electrons. The Kier molecular flexibility index (Phi) is 8.32. The molecule has 1 saturated carbocycles. The summed E-state index contributed by atoms with van der Waals surface area (Å²) in [5.74, 6) is -0.345. The van der Waals surface area contributed by atoms with Crippen LogP contribution in [-0.4, -0.2) is 17.7 Å². The van der Waals surface area contributed by atoms with Gasteiger partial charge >= 0.3 is 0 Å². The first-order chi connectivity index (χ1) is 19.5. The van der Waals surface area contributed by atoms with Gasteiger partial charge in [0.2, 0.25) is 0 Å². The molecule has 4 aromatic rings. The zero-order valence-electron chi connectivity index (χ0n) is 21.7. The Balaban J connectivity index is 1.56. The van der Waals surface area contributed by atoms with Crippen molar-refractivity contribution in [3.63, 3.8) is 0 Å². The van der Waals surface area contributed by atoms with E-state index in [1.165, 1.54) is 18.3 Å². The van der Waals surface area contributed by atoms with E-state index < -0.39 is 12.7 Å². The van der Waals surface area contributed by atoms with Crippen molar-refractivity contribution in [1.29, 1.82) is 5.26 Å². The average molecular weight is 559 g/mol. The van der Waals surface area contributed by atoms with Crippen LogP contribution in [0.5, 0.6) is 0 Å². The molecule has 3 aromatic carbocycles. The van der Waals surface area contributed by atoms with Gasteiger partial charge in [0.15, 0.2) is 0 Å². The second-order valence-corrected chi connectivity index (χ2v) is 10.2. The summed E-state index contributed by atoms with van der Waals surface area (Å²) in [5, 5.41) is 21.0. The third-order valence-electron chi connectivity index (χ3n) is 6.87. The molecule has 2 unspecified atom stereocenters. The fraction of sp³-hybridized carbons (Fsp3) is 0.226. The van der Waals surface area contributed by atoms with Gasteiger partial charge in [0.05, 0.1) is 46.2 Å². The number of halogens is 3. The number of anilines is 2. The second-order valence-electron chi connectivity index (χ2n) is 9.81. The van der Waals surface area contributed by atoms with E-state index >= 15 is 0 Å². The minimum Gasteiger partial charge on any atom is -0.399 e. The predicted octanol–water partition coefficient (Wildman–Crippen LogP) is 7.12. The van der Waals surface area contributed by atoms with Crippen LogP contribution in [0.15, 0.2) is 84.8 Å². The van der Waals surface area contributed by atoms with Gasteiger partial charge in [-0.3, -0.25) is 9.37 Å². The third kappa shape index (κ3) is 6.27. The molecular formula is C31H29ClF2N6. The molecule has 5 rings (SSSR count). The van der Waals surface area contributed by atoms with Gasteiger partial charge in [0.1, 0.15) is 11.9 Å². The summed E-state index contributed by atoms with van der Waals surface area (Å²) in [4.78, 5) is 4.43. The van der Waals surface area contributed by atoms with Gasteiger partial charge in [0.25, 0.3) is 0 Å². The van der Waals surface area contributed by atoms with Crippen molar-refractivity contribution in [1.82, 2.24) is 10.3 Å². The summed E-state index contributed by atoms with van der Waals surface area (Å²) < 4.78 is 27.3. The topological polar surface area (TPSA) is 98.8 Å². The Bertz CT molecular complexity index is 1550. The van der Waals surface area contributed by atoms with Gasteiger partial charge in [-0.05, 0) is 48.2 Å². The van der Waals surface area contributed by atoms with Crippen LogP contribution in [0.1, 0.15) is 48.0 Å². The summed E-state index contributed by atoms with van der Waals surface area (Å²) in [6, 6.07) is 21.0. The first-order valence-electron chi connectivity index (χ1n) is 13.1. The molecule has 9 heteroatoms. The first-order valence-corrected chi connectivity index (χ1v) is 13.5. The van der Waals surface area contributed by atoms with Gasteiger partial charge in [-0.15, -0.1) is 0 Å². The van der Waals surface area contributed by atoms with Gasteiger partial charge in [0, 0.05) is 35.9 Å². The number of nitrogens with one attached hydrogen (secondary N) is 3. The molecular weight excluding hydrogens is 530 g/mol. The average Bonchev–Trinajstić information content (AvgIpc) is 3.80. The van der Waals surface area contributed by atoms with Crippen LogP contribution in [0.2, 0.25) is 5.02 Å². The van der Waals surface area contributed by atoms with E-state index in [2.05, 4.69) is 27.0 Å². The predicted molar refractivity (Wildman–Crippen MR) is 156 cm³/mol. The van der Waals surface area contributed by atoms with Crippen molar-refractivity contribution in [2.24, 2.45) is 5.73 Å². The molecule has 5 N–H and O–H groups in total. The highest BCUT2D eigenvalue weighted by molar-refractivity contribution is 6.35. The lowest BCUT2D eigenvalue weighted by molar-refractivity contribution is 0.451. The molecule has 204 valence electrons. The van der Waals surface area contributed by atoms with E-state index in [0.717, 1.165) is 24.0 Å². The van der Waals surface area contributed by atoms with Crippen molar-refractivity contribution in [2.45, 2.75) is 37.4 Å². The maximum absolute atomic E-state index is 13.7. The van der Waals surface area contributed by atoms with Crippen molar-refractivity contribution in [3.05, 3.63) is 112 Å². The zero-order valence-corrected chi connectivity index (χ0v) is 22.4. The minimum absolute atomic E-state index is 0.215. The molecule has 6 nitrogen and oxygen atoms in total. The highest BCUT2D eigenvalue weighted by Gasteiger charge is 2.22. The SMILES string of the molecule is N#Cc1cnc2c(Cl)cc(NC(/C(N)=C/NC3CC3)c3ccc(F)cc3)cc2c1NC(CCF)c1ccccc1. The molecule has 0 spiro atoms. The van der Waals surface area contributed by atoms with Crippen molar-refractivity contribution in [2.75, 3.05) is 17.3 Å². The number of aromatic nitrogens is 1. The van der Waals surface area contributed by atoms with E-state index in [-0.39, 0.29) is 18.3 Å². The molecule has 1 heterocycles. The van der Waals surface area contributed by atoms with Gasteiger partial charge in [-0.1, -0.05) is 54.1 Å². The van der Waals surface area contributed by atoms with Crippen LogP contribution >= 0.6 is 11.6 Å². The summed E-state index contributed by atoms with van der Waals surface area (Å²) in [7, 11) is 0. The van der Waals surface area contributed by atoms with Crippen LogP contribution in [0.4, 0.5) is 20.2 Å². The second kappa shape index (κ2) is 12.2. The van der Waals surface area contributed by atoms with Crippen LogP contribution in [0.3, 0.4) is 0 Å². The molecule has 0 bridgehead atoms. The molecule has 0 aliphatic heterocycles. The maximum atomic E-state index is 13.7. The van der Waals surface area contributed by atoms with Crippen molar-refractivity contribution < 1.29 is 8.78 Å². The Morgan fingerprint density at radius 2 is 1.85 bits per heavy atom. The van der Waals surface area contributed by atoms with E-state index in [0.29, 0.717) is 44.6 Å². The molecule has 1 aliphatic carbocycles. The number of nitrogens with two attached hydrogens (primary N) is 1. The highest BCUT2D eigenvalue weighted by Crippen LogP contribution is 2.37. The van der Waals surface area contributed by atoms with E-state index in [1.807, 2.05) is 36.4 Å². The van der Waals surface area contributed by atoms with Crippen LogP contribution in [0.25, 0.3) is 10.9 Å². The van der Waals surface area contributed by atoms with Crippen LogP contribution in [-0.2, 0) is 0 Å². The number of nitriles is 1. The summed E-state index contributed by atoms with van der Waals surface area (Å²) in [6.07, 6.45) is 5.65. The summed E-state index contributed by atoms with van der Waals surface area (Å²) >= 11 is 6.70. The number of alkyl halides is 1. The monoisotopic (exact) mass is 558 g/mol. The van der Waals surface area contributed by atoms with Gasteiger partial charge < -0.3 is 21.7 Å². The van der Waals surface area contributed by atoms with Crippen molar-refractivity contribution >= 4 is 33.9 Å². The molecule has 1 fully saturated rings. The lowest BCUT2D eigenvalue weighted by Crippen LogP contribution is -2.22. The molecule has 0 saturated heterocycles. The normalized spacial score (nSPS) is 14.8. The largest absolute Gasteiger partial charge is 0.399 e. The number of benzene rings is 3. The van der Waals surface area contributed by atoms with Crippen LogP contribution in [0, 0.1) is 17.1 Å². The van der Waals surface area contributed by atoms with Gasteiger partial charge in [-0.25, -0.2) is 4.39 Å². The lowest BCUT2D eigenvalue weighted by atomic mass is 10.0. The molecule has 1 aliphatic rings. The standard InChI is InChI=1S/C31H29ClF2N6/c32-26-15-24(39-30(20-6-8-22(34)9-7-20)27(36)18-37-23-10-11-23)14-25-29(21(16-35)17-38-31(25)26)40-28(12-13-33)19-4-2-1-3-5-19/h1-9,14-15,17-18,23,28,30,37,39H,10-13,36H2,(H,38,40)/b27-18-. The molecule has 0 amide bonds. The minimum atomic E-state index is -0.537. The number of hydrogen-bond acceptors (Lipinski definition) is 6. The first kappa shape index (κ1) is 27.2. The van der Waals surface area contributed by atoms with E-state index in [4.69, 9.17) is 17.3 Å². The Hall–Kier alpha value is -4.35. The molecule has 2 atom stereocenters. The molecule has 1 aromatic heterocycles. The van der Waals surface area contributed by atoms with E-state index in [9.17, 15) is 14.0 Å². The maximum Gasteiger partial charge on any atom is 0.123 e. The van der Waals surface area contributed by atoms with Crippen molar-refractivity contribution in [3.8, 4) is 6.07 Å².